The van der Waals surface area contributed by atoms with Gasteiger partial charge >= 0.3 is 0 Å². The highest BCUT2D eigenvalue weighted by Crippen LogP contribution is 2.38. The average molecular weight is 366 g/mol. The van der Waals surface area contributed by atoms with E-state index < -0.39 is 4.92 Å². The molecular formula is C10H10Br2N2O3. The van der Waals surface area contributed by atoms with Crippen LogP contribution in [0.25, 0.3) is 0 Å². The number of nitrogens with one attached hydrogen (secondary N) is 1. The Hall–Kier alpha value is -0.660. The second-order valence-electron chi connectivity index (χ2n) is 3.73. The molecule has 1 aliphatic rings. The minimum Gasteiger partial charge on any atom is -0.487 e. The molecule has 0 radical (unpaired) electrons. The molecule has 1 aromatic rings. The van der Waals surface area contributed by atoms with Gasteiger partial charge in [-0.05, 0) is 44.8 Å². The maximum absolute atomic E-state index is 10.7. The lowest BCUT2D eigenvalue weighted by atomic mass is 10.3. The number of nitrogens with zero attached hydrogens (tertiary/aromatic N) is 1. The summed E-state index contributed by atoms with van der Waals surface area (Å²) in [6, 6.07) is 2.89. The van der Waals surface area contributed by atoms with Gasteiger partial charge < -0.3 is 10.1 Å². The second kappa shape index (κ2) is 5.32. The summed E-state index contributed by atoms with van der Waals surface area (Å²) >= 11 is 6.59. The molecule has 0 aromatic heterocycles. The van der Waals surface area contributed by atoms with Gasteiger partial charge in [0, 0.05) is 18.7 Å². The lowest BCUT2D eigenvalue weighted by Crippen LogP contribution is -2.20. The molecule has 17 heavy (non-hydrogen) atoms. The smallest absolute Gasteiger partial charge is 0.271 e. The molecule has 2 rings (SSSR count). The SMILES string of the molecule is O=[N+]([O-])c1cc(Br)c(O[C@@H]2CCNC2)c(Br)c1. The van der Waals surface area contributed by atoms with Crippen LogP contribution in [0.15, 0.2) is 21.1 Å². The number of nitro benzene ring substituents is 1. The van der Waals surface area contributed by atoms with Crippen LogP contribution in [0.1, 0.15) is 6.42 Å². The van der Waals surface area contributed by atoms with E-state index in [4.69, 9.17) is 4.74 Å². The Bertz CT molecular complexity index is 424. The zero-order chi connectivity index (χ0) is 12.4. The van der Waals surface area contributed by atoms with E-state index in [-0.39, 0.29) is 11.8 Å². The summed E-state index contributed by atoms with van der Waals surface area (Å²) in [6.07, 6.45) is 1.06. The Morgan fingerprint density at radius 1 is 1.41 bits per heavy atom. The van der Waals surface area contributed by atoms with Crippen LogP contribution in [-0.4, -0.2) is 24.1 Å². The van der Waals surface area contributed by atoms with Crippen molar-refractivity contribution in [2.75, 3.05) is 13.1 Å². The highest BCUT2D eigenvalue weighted by atomic mass is 79.9. The van der Waals surface area contributed by atoms with Crippen LogP contribution < -0.4 is 10.1 Å². The average Bonchev–Trinajstić information content (AvgIpc) is 2.75. The molecule has 0 saturated carbocycles. The molecular weight excluding hydrogens is 356 g/mol. The molecule has 0 unspecified atom stereocenters. The third-order valence-electron chi connectivity index (χ3n) is 2.49. The van der Waals surface area contributed by atoms with Crippen LogP contribution in [-0.2, 0) is 0 Å². The number of hydrogen-bond donors (Lipinski definition) is 1. The minimum absolute atomic E-state index is 0.0284. The predicted molar refractivity (Wildman–Crippen MR) is 70.4 cm³/mol. The number of halogens is 2. The summed E-state index contributed by atoms with van der Waals surface area (Å²) in [5, 5.41) is 13.9. The van der Waals surface area contributed by atoms with Crippen LogP contribution in [0, 0.1) is 10.1 Å². The molecule has 0 spiro atoms. The van der Waals surface area contributed by atoms with Crippen LogP contribution in [0.4, 0.5) is 5.69 Å². The largest absolute Gasteiger partial charge is 0.487 e. The van der Waals surface area contributed by atoms with E-state index in [1.807, 2.05) is 0 Å². The summed E-state index contributed by atoms with van der Waals surface area (Å²) in [5.74, 6) is 0.615. The second-order valence-corrected chi connectivity index (χ2v) is 5.44. The fourth-order valence-electron chi connectivity index (χ4n) is 1.66. The standard InChI is InChI=1S/C10H10Br2N2O3/c11-8-3-6(14(15)16)4-9(12)10(8)17-7-1-2-13-5-7/h3-4,7,13H,1-2,5H2/t7-/m1/s1. The molecule has 0 amide bonds. The van der Waals surface area contributed by atoms with Gasteiger partial charge in [-0.3, -0.25) is 10.1 Å². The van der Waals surface area contributed by atoms with Gasteiger partial charge in [-0.1, -0.05) is 0 Å². The van der Waals surface area contributed by atoms with Crippen molar-refractivity contribution >= 4 is 37.5 Å². The molecule has 1 aromatic carbocycles. The van der Waals surface area contributed by atoms with Gasteiger partial charge in [0.25, 0.3) is 5.69 Å². The number of non-ortho nitro benzene ring substituents is 1. The summed E-state index contributed by atoms with van der Waals surface area (Å²) in [6.45, 7) is 1.74. The van der Waals surface area contributed by atoms with Gasteiger partial charge in [-0.2, -0.15) is 0 Å². The third-order valence-corrected chi connectivity index (χ3v) is 3.67. The van der Waals surface area contributed by atoms with E-state index in [9.17, 15) is 10.1 Å². The Morgan fingerprint density at radius 3 is 2.53 bits per heavy atom. The molecule has 0 bridgehead atoms. The van der Waals surface area contributed by atoms with Crippen LogP contribution in [0.5, 0.6) is 5.75 Å². The fraction of sp³-hybridized carbons (Fsp3) is 0.400. The molecule has 1 aliphatic heterocycles. The van der Waals surface area contributed by atoms with E-state index in [1.165, 1.54) is 12.1 Å². The Balaban J connectivity index is 2.24. The maximum Gasteiger partial charge on any atom is 0.271 e. The molecule has 1 saturated heterocycles. The predicted octanol–water partition coefficient (Wildman–Crippen LogP) is 2.86. The first-order valence-corrected chi connectivity index (χ1v) is 6.67. The van der Waals surface area contributed by atoms with Gasteiger partial charge in [0.15, 0.2) is 0 Å². The Labute approximate surface area is 115 Å². The summed E-state index contributed by atoms with van der Waals surface area (Å²) in [7, 11) is 0. The van der Waals surface area contributed by atoms with Gasteiger partial charge in [0.05, 0.1) is 13.9 Å². The van der Waals surface area contributed by atoms with Crippen molar-refractivity contribution < 1.29 is 9.66 Å². The molecule has 1 heterocycles. The van der Waals surface area contributed by atoms with Crippen LogP contribution in [0.2, 0.25) is 0 Å². The van der Waals surface area contributed by atoms with Crippen LogP contribution >= 0.6 is 31.9 Å². The monoisotopic (exact) mass is 364 g/mol. The lowest BCUT2D eigenvalue weighted by Gasteiger charge is -2.15. The zero-order valence-electron chi connectivity index (χ0n) is 8.78. The van der Waals surface area contributed by atoms with E-state index in [0.717, 1.165) is 19.5 Å². The molecule has 1 N–H and O–H groups in total. The van der Waals surface area contributed by atoms with Crippen molar-refractivity contribution in [3.63, 3.8) is 0 Å². The summed E-state index contributed by atoms with van der Waals surface area (Å²) in [4.78, 5) is 10.2. The Morgan fingerprint density at radius 2 is 2.06 bits per heavy atom. The quantitative estimate of drug-likeness (QED) is 0.660. The number of rotatable bonds is 3. The summed E-state index contributed by atoms with van der Waals surface area (Å²) < 4.78 is 6.97. The maximum atomic E-state index is 10.7. The van der Waals surface area contributed by atoms with Crippen molar-refractivity contribution in [2.45, 2.75) is 12.5 Å². The van der Waals surface area contributed by atoms with Gasteiger partial charge in [-0.15, -0.1) is 0 Å². The molecule has 92 valence electrons. The van der Waals surface area contributed by atoms with Gasteiger partial charge in [0.1, 0.15) is 11.9 Å². The normalized spacial score (nSPS) is 19.3. The molecule has 5 nitrogen and oxygen atoms in total. The molecule has 1 fully saturated rings. The first-order chi connectivity index (χ1) is 8.08. The first-order valence-electron chi connectivity index (χ1n) is 5.08. The van der Waals surface area contributed by atoms with Crippen molar-refractivity contribution in [1.82, 2.24) is 5.32 Å². The van der Waals surface area contributed by atoms with Crippen molar-refractivity contribution in [2.24, 2.45) is 0 Å². The molecule has 0 aliphatic carbocycles. The highest BCUT2D eigenvalue weighted by Gasteiger charge is 2.21. The number of ether oxygens (including phenoxy) is 1. The van der Waals surface area contributed by atoms with Crippen molar-refractivity contribution in [1.29, 1.82) is 0 Å². The van der Waals surface area contributed by atoms with Crippen LogP contribution in [0.3, 0.4) is 0 Å². The highest BCUT2D eigenvalue weighted by molar-refractivity contribution is 9.11. The van der Waals surface area contributed by atoms with Crippen molar-refractivity contribution in [3.8, 4) is 5.75 Å². The van der Waals surface area contributed by atoms with Gasteiger partial charge in [-0.25, -0.2) is 0 Å². The van der Waals surface area contributed by atoms with E-state index in [0.29, 0.717) is 14.7 Å². The zero-order valence-corrected chi connectivity index (χ0v) is 12.0. The van der Waals surface area contributed by atoms with E-state index in [1.54, 1.807) is 0 Å². The third kappa shape index (κ3) is 2.97. The number of hydrogen-bond acceptors (Lipinski definition) is 4. The lowest BCUT2D eigenvalue weighted by molar-refractivity contribution is -0.385. The van der Waals surface area contributed by atoms with Crippen molar-refractivity contribution in [3.05, 3.63) is 31.2 Å². The molecule has 7 heteroatoms. The topological polar surface area (TPSA) is 64.4 Å². The fourth-order valence-corrected chi connectivity index (χ4v) is 3.01. The number of benzene rings is 1. The van der Waals surface area contributed by atoms with Gasteiger partial charge in [0.2, 0.25) is 0 Å². The Kier molecular flexibility index (Phi) is 4.01. The molecule has 1 atom stereocenters. The van der Waals surface area contributed by atoms with E-state index >= 15 is 0 Å². The first kappa shape index (κ1) is 12.8. The minimum atomic E-state index is -0.434. The van der Waals surface area contributed by atoms with E-state index in [2.05, 4.69) is 37.2 Å². The number of nitro groups is 1. The summed E-state index contributed by atoms with van der Waals surface area (Å²) in [5.41, 5.74) is 0.0284.